The van der Waals surface area contributed by atoms with Gasteiger partial charge >= 0.3 is 28.4 Å². The maximum atomic E-state index is 10.6. The Kier molecular flexibility index (Phi) is 14.1. The third-order valence-corrected chi connectivity index (χ3v) is 7.87. The summed E-state index contributed by atoms with van der Waals surface area (Å²) in [6, 6.07) is 41.9. The van der Waals surface area contributed by atoms with Crippen LogP contribution in [-0.2, 0) is 44.5 Å². The van der Waals surface area contributed by atoms with Gasteiger partial charge in [0.05, 0.1) is 9.79 Å². The summed E-state index contributed by atoms with van der Waals surface area (Å²) in [4.78, 5) is -0.0556. The smallest absolute Gasteiger partial charge is 0.0809 e. The van der Waals surface area contributed by atoms with Gasteiger partial charge in [0.2, 0.25) is 0 Å². The summed E-state index contributed by atoms with van der Waals surface area (Å²) in [6.45, 7) is 3.26. The molecular weight excluding hydrogens is 648 g/mol. The first-order chi connectivity index (χ1) is 20.0. The first-order valence-corrected chi connectivity index (χ1v) is 17.2. The fourth-order valence-corrected chi connectivity index (χ4v) is 5.28. The van der Waals surface area contributed by atoms with Gasteiger partial charge in [-0.15, -0.1) is 59.3 Å². The van der Waals surface area contributed by atoms with Crippen molar-refractivity contribution in [3.8, 4) is 0 Å². The first kappa shape index (κ1) is 34.9. The summed E-state index contributed by atoms with van der Waals surface area (Å²) in [5.74, 6) is 0. The monoisotopic (exact) mass is 678 g/mol. The molecule has 0 radical (unpaired) electrons. The van der Waals surface area contributed by atoms with Gasteiger partial charge in [-0.2, -0.15) is 51.9 Å². The minimum atomic E-state index is -4.03. The van der Waals surface area contributed by atoms with Crippen LogP contribution in [0.4, 0.5) is 0 Å². The SMILES string of the molecule is Cc1ccccc1S(=O)(=O)O.Cc1ccccc1S(=O)(=O)O.[CH2]=[Zr+2].c1ccc2[cH-]ccc2c1.c1ccc2[cH-]ccc2c1. The Labute approximate surface area is 262 Å². The van der Waals surface area contributed by atoms with E-state index in [1.165, 1.54) is 57.9 Å². The molecule has 6 aromatic rings. The Balaban J connectivity index is 0.000000192. The van der Waals surface area contributed by atoms with E-state index >= 15 is 0 Å². The minimum absolute atomic E-state index is 0.0278. The van der Waals surface area contributed by atoms with Crippen LogP contribution in [0.5, 0.6) is 0 Å². The van der Waals surface area contributed by atoms with Crippen LogP contribution in [0.2, 0.25) is 0 Å². The van der Waals surface area contributed by atoms with Gasteiger partial charge < -0.3 is 0 Å². The molecule has 0 atom stereocenters. The molecule has 2 N–H and O–H groups in total. The van der Waals surface area contributed by atoms with Crippen molar-refractivity contribution < 1.29 is 50.2 Å². The van der Waals surface area contributed by atoms with E-state index < -0.39 is 20.2 Å². The van der Waals surface area contributed by atoms with E-state index in [1.54, 1.807) is 50.2 Å². The zero-order valence-electron chi connectivity index (χ0n) is 23.3. The van der Waals surface area contributed by atoms with Crippen molar-refractivity contribution in [2.24, 2.45) is 0 Å². The van der Waals surface area contributed by atoms with Gasteiger partial charge in [0.1, 0.15) is 0 Å². The summed E-state index contributed by atoms with van der Waals surface area (Å²) < 4.78 is 63.1. The molecular formula is C33H32O6S2Zr. The van der Waals surface area contributed by atoms with Crippen molar-refractivity contribution >= 4 is 46.0 Å². The molecule has 6 rings (SSSR count). The molecule has 0 heterocycles. The molecule has 0 fully saturated rings. The third kappa shape index (κ3) is 11.2. The number of rotatable bonds is 2. The van der Waals surface area contributed by atoms with E-state index in [0.29, 0.717) is 11.1 Å². The molecule has 0 amide bonds. The first-order valence-electron chi connectivity index (χ1n) is 12.6. The van der Waals surface area contributed by atoms with Crippen LogP contribution in [0.25, 0.3) is 21.5 Å². The van der Waals surface area contributed by atoms with Crippen LogP contribution in [-0.4, -0.2) is 30.2 Å². The number of fused-ring (bicyclic) bond motifs is 2. The molecule has 0 bridgehead atoms. The fourth-order valence-electron chi connectivity index (χ4n) is 3.83. The normalized spacial score (nSPS) is 10.5. The van der Waals surface area contributed by atoms with Gasteiger partial charge in [-0.05, 0) is 37.1 Å². The molecule has 0 aromatic heterocycles. The van der Waals surface area contributed by atoms with E-state index in [9.17, 15) is 16.8 Å². The number of hydrogen-bond acceptors (Lipinski definition) is 4. The summed E-state index contributed by atoms with van der Waals surface area (Å²) in [7, 11) is -8.07. The van der Waals surface area contributed by atoms with Crippen LogP contribution in [0.1, 0.15) is 11.1 Å². The van der Waals surface area contributed by atoms with Crippen LogP contribution < -0.4 is 0 Å². The Morgan fingerprint density at radius 3 is 1.12 bits per heavy atom. The average Bonchev–Trinajstić information content (AvgIpc) is 3.64. The van der Waals surface area contributed by atoms with E-state index in [4.69, 9.17) is 9.11 Å². The summed E-state index contributed by atoms with van der Waals surface area (Å²) >= 11 is 1.30. The van der Waals surface area contributed by atoms with Crippen molar-refractivity contribution in [2.75, 3.05) is 0 Å². The number of benzene rings is 4. The van der Waals surface area contributed by atoms with Crippen LogP contribution in [0, 0.1) is 13.8 Å². The van der Waals surface area contributed by atoms with Crippen molar-refractivity contribution in [1.82, 2.24) is 0 Å². The van der Waals surface area contributed by atoms with Crippen molar-refractivity contribution in [3.05, 3.63) is 145 Å². The van der Waals surface area contributed by atoms with Gasteiger partial charge in [0, 0.05) is 0 Å². The molecule has 9 heteroatoms. The molecule has 0 aliphatic rings. The van der Waals surface area contributed by atoms with Crippen molar-refractivity contribution in [3.63, 3.8) is 0 Å². The predicted octanol–water partition coefficient (Wildman–Crippen LogP) is 7.57. The summed E-state index contributed by atoms with van der Waals surface area (Å²) in [5.41, 5.74) is 1.10. The standard InChI is InChI=1S/2C9H7.2C7H8O3S.CH2.Zr/c2*1-2-5-9-7-3-6-8(9)4-1;2*1-6-4-2-3-5-7(6)11(8,9)10;;/h2*1-7H;2*2-5H,1H3,(H,8,9,10);1H2;/q2*-1;;;;+2. The molecule has 6 nitrogen and oxygen atoms in total. The van der Waals surface area contributed by atoms with E-state index in [1.807, 2.05) is 0 Å². The molecule has 0 spiro atoms. The molecule has 0 saturated carbocycles. The second kappa shape index (κ2) is 17.0. The third-order valence-electron chi connectivity index (χ3n) is 5.84. The predicted molar refractivity (Wildman–Crippen MR) is 168 cm³/mol. The zero-order valence-corrected chi connectivity index (χ0v) is 27.3. The van der Waals surface area contributed by atoms with Gasteiger partial charge in [-0.1, -0.05) is 48.5 Å². The van der Waals surface area contributed by atoms with Crippen LogP contribution >= 0.6 is 0 Å². The second-order valence-electron chi connectivity index (χ2n) is 8.79. The topological polar surface area (TPSA) is 109 Å². The van der Waals surface area contributed by atoms with Crippen LogP contribution in [0.15, 0.2) is 143 Å². The Morgan fingerprint density at radius 1 is 0.524 bits per heavy atom. The summed E-state index contributed by atoms with van der Waals surface area (Å²) in [5, 5.41) is 5.32. The Bertz CT molecular complexity index is 1710. The Morgan fingerprint density at radius 2 is 0.833 bits per heavy atom. The zero-order chi connectivity index (χ0) is 31.2. The minimum Gasteiger partial charge on any atom is -0.168 e. The second-order valence-corrected chi connectivity index (χ2v) is 11.6. The van der Waals surface area contributed by atoms with Crippen molar-refractivity contribution in [1.29, 1.82) is 0 Å². The Hall–Kier alpha value is -3.33. The molecule has 216 valence electrons. The largest absolute Gasteiger partial charge is 0.168 e. The van der Waals surface area contributed by atoms with Crippen LogP contribution in [0.3, 0.4) is 0 Å². The van der Waals surface area contributed by atoms with Gasteiger partial charge in [-0.3, -0.25) is 9.11 Å². The van der Waals surface area contributed by atoms with Crippen molar-refractivity contribution in [2.45, 2.75) is 23.6 Å². The summed E-state index contributed by atoms with van der Waals surface area (Å²) in [6.07, 6.45) is 0. The number of hydrogen-bond donors (Lipinski definition) is 2. The maximum absolute atomic E-state index is 10.6. The van der Waals surface area contributed by atoms with Gasteiger partial charge in [0.25, 0.3) is 20.2 Å². The molecule has 42 heavy (non-hydrogen) atoms. The fraction of sp³-hybridized carbons (Fsp3) is 0.0606. The van der Waals surface area contributed by atoms with Gasteiger partial charge in [0.15, 0.2) is 0 Å². The average molecular weight is 680 g/mol. The molecule has 0 aliphatic carbocycles. The maximum Gasteiger partial charge on any atom is -0.0809 e. The van der Waals surface area contributed by atoms with E-state index in [0.717, 1.165) is 0 Å². The van der Waals surface area contributed by atoms with E-state index in [2.05, 4.69) is 89.1 Å². The molecule has 6 aromatic carbocycles. The number of aryl methyl sites for hydroxylation is 2. The molecule has 0 unspecified atom stereocenters. The van der Waals surface area contributed by atoms with Gasteiger partial charge in [-0.25, -0.2) is 0 Å². The molecule has 0 saturated heterocycles. The molecule has 0 aliphatic heterocycles. The van der Waals surface area contributed by atoms with E-state index in [-0.39, 0.29) is 9.79 Å². The quantitative estimate of drug-likeness (QED) is 0.144.